The molecule has 1 aromatic carbocycles. The second-order valence-corrected chi connectivity index (χ2v) is 6.24. The molecule has 3 rings (SSSR count). The Morgan fingerprint density at radius 2 is 1.96 bits per heavy atom. The largest absolute Gasteiger partial charge is 0.486 e. The van der Waals surface area contributed by atoms with Crippen LogP contribution >= 0.6 is 15.9 Å². The van der Waals surface area contributed by atoms with Crippen LogP contribution < -0.4 is 15.0 Å². The zero-order valence-electron chi connectivity index (χ0n) is 13.6. The molecule has 9 nitrogen and oxygen atoms in total. The fraction of sp³-hybridized carbons (Fsp3) is 0.250. The molecule has 0 spiro atoms. The standard InChI is InChI=1S/C16H13BrN2O7/c1-24-16(21)11-5-10(19(22)23)8-18(15(11)20)7-9-4-13-14(6-12(9)17)26-3-2-25-13/h4-6,8H,2-3,7H2,1H3. The highest BCUT2D eigenvalue weighted by molar-refractivity contribution is 9.10. The van der Waals surface area contributed by atoms with Gasteiger partial charge in [-0.15, -0.1) is 0 Å². The number of carbonyl (C=O) groups excluding carboxylic acids is 1. The summed E-state index contributed by atoms with van der Waals surface area (Å²) in [6.45, 7) is 0.824. The number of esters is 1. The van der Waals surface area contributed by atoms with Gasteiger partial charge in [-0.1, -0.05) is 15.9 Å². The normalized spacial score (nSPS) is 12.5. The Morgan fingerprint density at radius 3 is 2.58 bits per heavy atom. The van der Waals surface area contributed by atoms with E-state index < -0.39 is 27.7 Å². The quantitative estimate of drug-likeness (QED) is 0.419. The molecule has 0 unspecified atom stereocenters. The third-order valence-electron chi connectivity index (χ3n) is 3.74. The molecule has 0 N–H and O–H groups in total. The van der Waals surface area contributed by atoms with E-state index >= 15 is 0 Å². The fourth-order valence-electron chi connectivity index (χ4n) is 2.50. The van der Waals surface area contributed by atoms with Crippen molar-refractivity contribution < 1.29 is 23.9 Å². The van der Waals surface area contributed by atoms with Gasteiger partial charge in [0.05, 0.1) is 24.8 Å². The van der Waals surface area contributed by atoms with Gasteiger partial charge >= 0.3 is 5.97 Å². The predicted molar refractivity (Wildman–Crippen MR) is 92.9 cm³/mol. The second-order valence-electron chi connectivity index (χ2n) is 5.38. The molecular formula is C16H13BrN2O7. The Bertz CT molecular complexity index is 954. The van der Waals surface area contributed by atoms with Gasteiger partial charge in [0, 0.05) is 10.5 Å². The van der Waals surface area contributed by atoms with Gasteiger partial charge in [0.25, 0.3) is 11.2 Å². The highest BCUT2D eigenvalue weighted by Crippen LogP contribution is 2.35. The van der Waals surface area contributed by atoms with Crippen LogP contribution in [-0.4, -0.2) is 35.8 Å². The molecule has 1 aliphatic rings. The molecule has 0 bridgehead atoms. The van der Waals surface area contributed by atoms with Crippen molar-refractivity contribution in [2.45, 2.75) is 6.54 Å². The first kappa shape index (κ1) is 17.9. The van der Waals surface area contributed by atoms with Crippen molar-refractivity contribution in [1.82, 2.24) is 4.57 Å². The van der Waals surface area contributed by atoms with Crippen LogP contribution in [0.25, 0.3) is 0 Å². The Balaban J connectivity index is 2.07. The summed E-state index contributed by atoms with van der Waals surface area (Å²) in [6, 6.07) is 4.29. The molecule has 0 atom stereocenters. The number of hydrogen-bond acceptors (Lipinski definition) is 7. The van der Waals surface area contributed by atoms with Gasteiger partial charge in [0.15, 0.2) is 11.5 Å². The first-order chi connectivity index (χ1) is 12.4. The van der Waals surface area contributed by atoms with Gasteiger partial charge in [0.1, 0.15) is 18.8 Å². The average Bonchev–Trinajstić information content (AvgIpc) is 2.63. The minimum absolute atomic E-state index is 0.0122. The van der Waals surface area contributed by atoms with Crippen LogP contribution in [0.4, 0.5) is 5.69 Å². The van der Waals surface area contributed by atoms with Crippen LogP contribution in [0.15, 0.2) is 33.7 Å². The monoisotopic (exact) mass is 424 g/mol. The molecule has 136 valence electrons. The van der Waals surface area contributed by atoms with Gasteiger partial charge in [-0.05, 0) is 17.7 Å². The highest BCUT2D eigenvalue weighted by atomic mass is 79.9. The molecule has 0 fully saturated rings. The maximum atomic E-state index is 12.5. The highest BCUT2D eigenvalue weighted by Gasteiger charge is 2.21. The lowest BCUT2D eigenvalue weighted by atomic mass is 10.1. The molecule has 0 saturated carbocycles. The maximum Gasteiger partial charge on any atom is 0.343 e. The van der Waals surface area contributed by atoms with Gasteiger partial charge in [0.2, 0.25) is 0 Å². The van der Waals surface area contributed by atoms with Crippen LogP contribution in [0.5, 0.6) is 11.5 Å². The van der Waals surface area contributed by atoms with Gasteiger partial charge in [-0.25, -0.2) is 4.79 Å². The fourth-order valence-corrected chi connectivity index (χ4v) is 2.95. The number of hydrogen-bond donors (Lipinski definition) is 0. The summed E-state index contributed by atoms with van der Waals surface area (Å²) in [7, 11) is 1.10. The smallest absolute Gasteiger partial charge is 0.343 e. The molecule has 26 heavy (non-hydrogen) atoms. The van der Waals surface area contributed by atoms with Crippen molar-refractivity contribution in [1.29, 1.82) is 0 Å². The van der Waals surface area contributed by atoms with Crippen LogP contribution in [0.2, 0.25) is 0 Å². The summed E-state index contributed by atoms with van der Waals surface area (Å²) in [6.07, 6.45) is 1.08. The van der Waals surface area contributed by atoms with Crippen LogP contribution in [0.1, 0.15) is 15.9 Å². The molecule has 10 heteroatoms. The SMILES string of the molecule is COC(=O)c1cc([N+](=O)[O-])cn(Cc2cc3c(cc2Br)OCCO3)c1=O. The summed E-state index contributed by atoms with van der Waals surface area (Å²) in [5, 5.41) is 11.1. The molecule has 0 aliphatic carbocycles. The van der Waals surface area contributed by atoms with E-state index in [9.17, 15) is 19.7 Å². The summed E-state index contributed by atoms with van der Waals surface area (Å²) in [5.74, 6) is 0.142. The Hall–Kier alpha value is -2.88. The number of benzene rings is 1. The van der Waals surface area contributed by atoms with E-state index in [1.807, 2.05) is 0 Å². The Morgan fingerprint density at radius 1 is 1.31 bits per heavy atom. The van der Waals surface area contributed by atoms with E-state index in [2.05, 4.69) is 20.7 Å². The van der Waals surface area contributed by atoms with Crippen LogP contribution in [-0.2, 0) is 11.3 Å². The zero-order valence-corrected chi connectivity index (χ0v) is 15.1. The topological polar surface area (TPSA) is 110 Å². The number of methoxy groups -OCH3 is 1. The van der Waals surface area contributed by atoms with E-state index in [1.165, 1.54) is 0 Å². The van der Waals surface area contributed by atoms with Gasteiger partial charge < -0.3 is 18.8 Å². The molecule has 2 heterocycles. The van der Waals surface area contributed by atoms with Crippen LogP contribution in [0.3, 0.4) is 0 Å². The van der Waals surface area contributed by atoms with E-state index in [0.29, 0.717) is 34.7 Å². The Kier molecular flexibility index (Phi) is 4.94. The predicted octanol–water partition coefficient (Wildman–Crippen LogP) is 2.13. The number of fused-ring (bicyclic) bond motifs is 1. The third-order valence-corrected chi connectivity index (χ3v) is 4.48. The number of nitrogens with zero attached hydrogens (tertiary/aromatic N) is 2. The number of halogens is 1. The molecule has 2 aromatic rings. The molecular weight excluding hydrogens is 412 g/mol. The lowest BCUT2D eigenvalue weighted by Gasteiger charge is -2.20. The molecule has 1 aromatic heterocycles. The lowest BCUT2D eigenvalue weighted by Crippen LogP contribution is -2.27. The first-order valence-corrected chi connectivity index (χ1v) is 8.25. The first-order valence-electron chi connectivity index (χ1n) is 7.46. The summed E-state index contributed by atoms with van der Waals surface area (Å²) < 4.78 is 17.2. The van der Waals surface area contributed by atoms with Crippen LogP contribution in [0, 0.1) is 10.1 Å². The minimum Gasteiger partial charge on any atom is -0.486 e. The van der Waals surface area contributed by atoms with Crippen molar-refractivity contribution >= 4 is 27.6 Å². The van der Waals surface area contributed by atoms with Crippen molar-refractivity contribution in [2.24, 2.45) is 0 Å². The van der Waals surface area contributed by atoms with Crippen molar-refractivity contribution in [3.05, 3.63) is 60.5 Å². The number of nitro groups is 1. The third kappa shape index (κ3) is 3.40. The number of ether oxygens (including phenoxy) is 3. The Labute approximate surface area is 155 Å². The van der Waals surface area contributed by atoms with E-state index in [1.54, 1.807) is 12.1 Å². The number of carbonyl (C=O) groups is 1. The van der Waals surface area contributed by atoms with E-state index in [4.69, 9.17) is 9.47 Å². The van der Waals surface area contributed by atoms with Gasteiger partial charge in [-0.2, -0.15) is 0 Å². The molecule has 0 saturated heterocycles. The van der Waals surface area contributed by atoms with E-state index in [0.717, 1.165) is 23.9 Å². The summed E-state index contributed by atoms with van der Waals surface area (Å²) in [5.41, 5.74) is -0.856. The lowest BCUT2D eigenvalue weighted by molar-refractivity contribution is -0.385. The summed E-state index contributed by atoms with van der Waals surface area (Å²) >= 11 is 3.39. The summed E-state index contributed by atoms with van der Waals surface area (Å²) in [4.78, 5) is 34.7. The average molecular weight is 425 g/mol. The number of pyridine rings is 1. The molecule has 1 aliphatic heterocycles. The van der Waals surface area contributed by atoms with Crippen molar-refractivity contribution in [3.8, 4) is 11.5 Å². The maximum absolute atomic E-state index is 12.5. The molecule has 0 radical (unpaired) electrons. The van der Waals surface area contributed by atoms with E-state index in [-0.39, 0.29) is 6.54 Å². The number of aromatic nitrogens is 1. The minimum atomic E-state index is -0.936. The van der Waals surface area contributed by atoms with Crippen molar-refractivity contribution in [2.75, 3.05) is 20.3 Å². The zero-order chi connectivity index (χ0) is 18.8. The second kappa shape index (κ2) is 7.16. The number of rotatable bonds is 4. The van der Waals surface area contributed by atoms with Crippen molar-refractivity contribution in [3.63, 3.8) is 0 Å². The molecule has 0 amide bonds. The van der Waals surface area contributed by atoms with Gasteiger partial charge in [-0.3, -0.25) is 14.9 Å².